The lowest BCUT2D eigenvalue weighted by atomic mass is 9.95. The number of benzene rings is 7. The van der Waals surface area contributed by atoms with Crippen LogP contribution in [0.2, 0.25) is 0 Å². The van der Waals surface area contributed by atoms with Gasteiger partial charge in [0.15, 0.2) is 0 Å². The van der Waals surface area contributed by atoms with Crippen molar-refractivity contribution in [3.05, 3.63) is 208 Å². The maximum atomic E-state index is 13.5. The Morgan fingerprint density at radius 3 is 0.826 bits per heavy atom. The maximum Gasteiger partial charge on any atom is 0.124 e. The van der Waals surface area contributed by atoms with Crippen LogP contribution in [-0.4, -0.2) is 109 Å². The second-order valence-corrected chi connectivity index (χ2v) is 39.4. The van der Waals surface area contributed by atoms with Gasteiger partial charge >= 0.3 is 0 Å². The second kappa shape index (κ2) is 66.8. The van der Waals surface area contributed by atoms with Gasteiger partial charge in [-0.05, 0) is 240 Å². The van der Waals surface area contributed by atoms with Crippen LogP contribution in [0.1, 0.15) is 331 Å². The number of rotatable bonds is 47. The molecule has 1 saturated carbocycles. The van der Waals surface area contributed by atoms with E-state index in [1.54, 1.807) is 87.2 Å². The third kappa shape index (κ3) is 49.8. The Balaban J connectivity index is 0.000000521. The minimum absolute atomic E-state index is 0.0792. The van der Waals surface area contributed by atoms with E-state index in [0.29, 0.717) is 128 Å². The summed E-state index contributed by atoms with van der Waals surface area (Å²) in [4.78, 5) is 0. The topological polar surface area (TPSA) is 138 Å². The third-order valence-electron chi connectivity index (χ3n) is 20.9. The summed E-state index contributed by atoms with van der Waals surface area (Å²) in [5.41, 5.74) is 6.40. The molecule has 8 rings (SSSR count). The number of halogens is 5. The van der Waals surface area contributed by atoms with E-state index in [1.807, 2.05) is 30.3 Å². The molecule has 0 unspecified atom stereocenters. The molecule has 0 N–H and O–H groups in total. The van der Waals surface area contributed by atoms with Gasteiger partial charge in [0, 0.05) is 65.9 Å². The van der Waals surface area contributed by atoms with Gasteiger partial charge in [0.05, 0.1) is 125 Å². The fraction of sp³-hybridized carbons (Fsp3) is 0.625. The largest absolute Gasteiger partial charge is 0.496 e. The van der Waals surface area contributed by atoms with Crippen LogP contribution in [0.3, 0.4) is 0 Å². The number of methoxy groups -OCH3 is 8. The first-order chi connectivity index (χ1) is 62.5. The number of hydrogen-bond acceptors (Lipinski definition) is 15. The van der Waals surface area contributed by atoms with Crippen molar-refractivity contribution in [3.8, 4) is 40.2 Å². The average Bonchev–Trinajstić information content (AvgIpc) is 0.840. The van der Waals surface area contributed by atoms with E-state index >= 15 is 0 Å². The molecular weight excluding hydrogens is 1680 g/mol. The predicted molar refractivity (Wildman–Crippen MR) is 531 cm³/mol. The first kappa shape index (κ1) is 121. The highest BCUT2D eigenvalue weighted by atomic mass is 19.1. The van der Waals surface area contributed by atoms with Crippen LogP contribution < -0.4 is 33.2 Å². The van der Waals surface area contributed by atoms with Crippen LogP contribution in [0.15, 0.2) is 140 Å². The zero-order valence-corrected chi connectivity index (χ0v) is 87.1. The summed E-state index contributed by atoms with van der Waals surface area (Å²) in [6, 6.07) is 39.3. The lowest BCUT2D eigenvalue weighted by Crippen LogP contribution is -2.21. The van der Waals surface area contributed by atoms with Gasteiger partial charge in [-0.15, -0.1) is 0 Å². The smallest absolute Gasteiger partial charge is 0.124 e. The molecule has 0 radical (unpaired) electrons. The van der Waals surface area contributed by atoms with E-state index in [2.05, 4.69) is 184 Å². The summed E-state index contributed by atoms with van der Waals surface area (Å²) < 4.78 is 152. The standard InChI is InChI=1S/C18H28O2.C17H27FO2.2C16H25FO2.C15H23FO3.C15H23FO2.C15H24O2/c1-14(2)13-18(20-15-9-5-4-6-10-15)16-11-7-8-12-17(16)19-3;1-12(2)9-16(20-11-17(3,4)5)14-10-13(18)7-8-15(14)19-6;2*1-11(2)8-16(19-10-12(3)4)14-9-13(17)6-7-15(14)18-5;1-11(2)9-15(19-8-7-17-3)13-10-12(16)5-6-14(13)18-4;1-5-8-18-15(9-11(2)3)13-10-12(16)6-7-14(13)17-4;1-11(2)10-15(17-12(3)4)13-8-6-7-9-14(13)16-5/h7-8,11-12,14-15,18H,4-6,9-10,13H2,1-3H3;7-8,10,12,16H,9,11H2,1-6H3;2*6-7,9,11-12,16H,8,10H2,1-5H3;5-6,10-11,15H,7-9H2,1-4H3;6-7,10-11,15H,5,8-9H2,1-4H3;6-9,11-12,15H,10H2,1-5H3/t18-;3*16-;3*15-/m0000000/s1. The monoisotopic (exact) mass is 1860 g/mol. The predicted octanol–water partition coefficient (Wildman–Crippen LogP) is 31.4. The SMILES string of the molecule is CCCO[C@@H](CC(C)C)c1cc(F)ccc1OC.COCCO[C@@H](CC(C)C)c1cc(F)ccc1OC.COc1ccc(F)cc1[C@H](CC(C)C)OCC(C)(C)C.COc1ccc(F)cc1[C@H](CC(C)C)OCC(C)C.COc1ccc(F)cc1[C@H](CC(C)C)OCC(C)C.COc1ccccc1[C@H](CC(C)C)OC(C)C.COc1ccccc1[C@H](CC(C)C)OC1CCCCC1. The van der Waals surface area contributed by atoms with Gasteiger partial charge in [-0.25, -0.2) is 22.0 Å². The highest BCUT2D eigenvalue weighted by molar-refractivity contribution is 5.41. The molecule has 0 aromatic heterocycles. The van der Waals surface area contributed by atoms with Gasteiger partial charge in [-0.1, -0.05) is 208 Å². The molecule has 0 bridgehead atoms. The number of hydrogen-bond donors (Lipinski definition) is 0. The minimum atomic E-state index is -0.278. The van der Waals surface area contributed by atoms with E-state index < -0.39 is 0 Å². The molecule has 1 aliphatic carbocycles. The van der Waals surface area contributed by atoms with Crippen LogP contribution in [0.5, 0.6) is 40.2 Å². The van der Waals surface area contributed by atoms with Crippen molar-refractivity contribution < 1.29 is 93.0 Å². The molecular formula is C112H175F5O15. The molecule has 0 spiro atoms. The Morgan fingerprint density at radius 2 is 0.553 bits per heavy atom. The Hall–Kier alpha value is -7.53. The van der Waals surface area contributed by atoms with E-state index in [-0.39, 0.29) is 83.3 Å². The first-order valence-corrected chi connectivity index (χ1v) is 48.3. The molecule has 1 aliphatic rings. The second-order valence-electron chi connectivity index (χ2n) is 39.4. The molecule has 7 atom stereocenters. The fourth-order valence-electron chi connectivity index (χ4n) is 14.8. The Kier molecular flexibility index (Phi) is 61.0. The van der Waals surface area contributed by atoms with Crippen molar-refractivity contribution in [1.29, 1.82) is 0 Å². The summed E-state index contributed by atoms with van der Waals surface area (Å²) in [5.74, 6) is 8.47. The van der Waals surface area contributed by atoms with Crippen LogP contribution in [0.25, 0.3) is 0 Å². The summed E-state index contributed by atoms with van der Waals surface area (Å²) in [5, 5.41) is 0. The van der Waals surface area contributed by atoms with Crippen LogP contribution >= 0.6 is 0 Å². The summed E-state index contributed by atoms with van der Waals surface area (Å²) in [7, 11) is 13.1. The normalized spacial score (nSPS) is 13.8. The molecule has 1 fully saturated rings. The molecule has 7 aromatic carbocycles. The molecule has 0 amide bonds. The average molecular weight is 1860 g/mol. The zero-order valence-electron chi connectivity index (χ0n) is 87.1. The van der Waals surface area contributed by atoms with Gasteiger partial charge in [-0.2, -0.15) is 0 Å². The molecule has 748 valence electrons. The Morgan fingerprint density at radius 1 is 0.288 bits per heavy atom. The quantitative estimate of drug-likeness (QED) is 0.0264. The molecule has 0 saturated heterocycles. The van der Waals surface area contributed by atoms with Gasteiger partial charge in [0.25, 0.3) is 0 Å². The van der Waals surface area contributed by atoms with Crippen molar-refractivity contribution in [2.45, 2.75) is 305 Å². The highest BCUT2D eigenvalue weighted by Crippen LogP contribution is 2.42. The highest BCUT2D eigenvalue weighted by Gasteiger charge is 2.29. The van der Waals surface area contributed by atoms with Crippen molar-refractivity contribution in [2.24, 2.45) is 58.7 Å². The van der Waals surface area contributed by atoms with Gasteiger partial charge in [0.2, 0.25) is 0 Å². The minimum Gasteiger partial charge on any atom is -0.496 e. The van der Waals surface area contributed by atoms with E-state index in [9.17, 15) is 22.0 Å². The van der Waals surface area contributed by atoms with Gasteiger partial charge in [-0.3, -0.25) is 0 Å². The first-order valence-electron chi connectivity index (χ1n) is 48.3. The zero-order chi connectivity index (χ0) is 99.2. The molecule has 20 heteroatoms. The summed E-state index contributed by atoms with van der Waals surface area (Å²) in [6.07, 6.45) is 13.9. The van der Waals surface area contributed by atoms with Crippen LogP contribution in [-0.2, 0) is 37.9 Å². The van der Waals surface area contributed by atoms with Crippen molar-refractivity contribution in [3.63, 3.8) is 0 Å². The van der Waals surface area contributed by atoms with Crippen molar-refractivity contribution in [2.75, 3.05) is 96.5 Å². The number of para-hydroxylation sites is 2. The third-order valence-corrected chi connectivity index (χ3v) is 20.9. The number of ether oxygens (including phenoxy) is 15. The Labute approximate surface area is 796 Å². The van der Waals surface area contributed by atoms with Crippen molar-refractivity contribution in [1.82, 2.24) is 0 Å². The molecule has 0 heterocycles. The molecule has 0 aliphatic heterocycles. The van der Waals surface area contributed by atoms with Gasteiger partial charge < -0.3 is 71.1 Å². The van der Waals surface area contributed by atoms with E-state index in [0.717, 1.165) is 96.2 Å². The van der Waals surface area contributed by atoms with Gasteiger partial charge in [0.1, 0.15) is 69.3 Å². The maximum absolute atomic E-state index is 13.5. The van der Waals surface area contributed by atoms with E-state index in [4.69, 9.17) is 71.1 Å². The lowest BCUT2D eigenvalue weighted by molar-refractivity contribution is -0.0411. The van der Waals surface area contributed by atoms with Crippen LogP contribution in [0.4, 0.5) is 22.0 Å². The Bertz CT molecular complexity index is 4050. The van der Waals surface area contributed by atoms with Crippen LogP contribution in [0, 0.1) is 87.8 Å². The van der Waals surface area contributed by atoms with Crippen molar-refractivity contribution >= 4 is 0 Å². The molecule has 132 heavy (non-hydrogen) atoms. The lowest BCUT2D eigenvalue weighted by Gasteiger charge is -2.29. The summed E-state index contributed by atoms with van der Waals surface area (Å²) >= 11 is 0. The van der Waals surface area contributed by atoms with E-state index in [1.165, 1.54) is 98.3 Å². The molecule has 15 nitrogen and oxygen atoms in total. The summed E-state index contributed by atoms with van der Waals surface area (Å²) in [6.45, 7) is 54.9. The fourth-order valence-corrected chi connectivity index (χ4v) is 14.8. The molecule has 7 aromatic rings.